The molecule has 0 aliphatic heterocycles. The molecule has 24 heavy (non-hydrogen) atoms. The van der Waals surface area contributed by atoms with Gasteiger partial charge >= 0.3 is 5.97 Å². The zero-order valence-electron chi connectivity index (χ0n) is 13.3. The van der Waals surface area contributed by atoms with E-state index in [1.807, 2.05) is 0 Å². The molecule has 0 spiro atoms. The van der Waals surface area contributed by atoms with Gasteiger partial charge in [-0.05, 0) is 25.8 Å². The fourth-order valence-corrected chi connectivity index (χ4v) is 2.10. The molecular formula is C14H24N6O4. The van der Waals surface area contributed by atoms with Crippen LogP contribution in [0.25, 0.3) is 0 Å². The molecule has 10 heteroatoms. The second-order valence-electron chi connectivity index (χ2n) is 5.29. The van der Waals surface area contributed by atoms with Gasteiger partial charge in [-0.3, -0.25) is 9.59 Å². The Kier molecular flexibility index (Phi) is 8.44. The van der Waals surface area contributed by atoms with Crippen LogP contribution in [0.2, 0.25) is 0 Å². The van der Waals surface area contributed by atoms with Crippen molar-refractivity contribution in [3.05, 3.63) is 18.2 Å². The number of nitrogens with two attached hydrogens (primary N) is 2. The molecule has 134 valence electrons. The molecule has 10 nitrogen and oxygen atoms in total. The van der Waals surface area contributed by atoms with Gasteiger partial charge in [0, 0.05) is 18.3 Å². The van der Waals surface area contributed by atoms with Crippen molar-refractivity contribution in [1.29, 1.82) is 0 Å². The molecule has 2 amide bonds. The first-order valence-corrected chi connectivity index (χ1v) is 7.67. The van der Waals surface area contributed by atoms with Gasteiger partial charge in [0.25, 0.3) is 0 Å². The number of H-pyrrole nitrogens is 1. The van der Waals surface area contributed by atoms with Crippen LogP contribution in [0.15, 0.2) is 12.5 Å². The van der Waals surface area contributed by atoms with Crippen LogP contribution in [-0.2, 0) is 20.8 Å². The van der Waals surface area contributed by atoms with E-state index in [1.54, 1.807) is 0 Å². The number of rotatable bonds is 11. The third kappa shape index (κ3) is 6.75. The van der Waals surface area contributed by atoms with Gasteiger partial charge in [-0.1, -0.05) is 0 Å². The summed E-state index contributed by atoms with van der Waals surface area (Å²) in [6.45, 7) is 0.181. The zero-order valence-corrected chi connectivity index (χ0v) is 13.3. The number of carbonyl (C=O) groups is 3. The highest BCUT2D eigenvalue weighted by Crippen LogP contribution is 2.04. The molecule has 1 aromatic rings. The Bertz CT molecular complexity index is 533. The standard InChI is InChI=1S/C14H24N6O4/c15-4-2-1-3-10(14(23)24)20-13(22)11(19-12(21)6-16)5-9-7-17-8-18-9/h7-8,10-11H,1-6,15-16H2,(H,17,18)(H,19,21)(H,20,22)(H,23,24)/t10-,11-/m0/s1/i6+1,12+1,16+1. The van der Waals surface area contributed by atoms with Crippen LogP contribution in [0.4, 0.5) is 0 Å². The smallest absolute Gasteiger partial charge is 0.326 e. The molecule has 2 atom stereocenters. The average molecular weight is 343 g/mol. The molecule has 1 rings (SSSR count). The van der Waals surface area contributed by atoms with Crippen LogP contribution in [0, 0.1) is 0 Å². The number of aromatic nitrogens is 2. The van der Waals surface area contributed by atoms with E-state index in [1.165, 1.54) is 12.5 Å². The maximum Gasteiger partial charge on any atom is 0.326 e. The van der Waals surface area contributed by atoms with Crippen molar-refractivity contribution in [2.24, 2.45) is 11.5 Å². The van der Waals surface area contributed by atoms with E-state index in [4.69, 9.17) is 11.5 Å². The normalized spacial score (nSPS) is 13.1. The van der Waals surface area contributed by atoms with Gasteiger partial charge in [0.15, 0.2) is 0 Å². The molecule has 0 fully saturated rings. The molecule has 0 saturated carbocycles. The number of unbranched alkanes of at least 4 members (excludes halogenated alkanes) is 1. The lowest BCUT2D eigenvalue weighted by atomic mass is 10.1. The summed E-state index contributed by atoms with van der Waals surface area (Å²) in [7, 11) is 0. The third-order valence-electron chi connectivity index (χ3n) is 3.38. The highest BCUT2D eigenvalue weighted by molar-refractivity contribution is 5.90. The second-order valence-corrected chi connectivity index (χ2v) is 5.29. The maximum atomic E-state index is 12.4. The van der Waals surface area contributed by atoms with Crippen LogP contribution in [0.1, 0.15) is 25.0 Å². The van der Waals surface area contributed by atoms with Crippen LogP contribution in [0.3, 0.4) is 0 Å². The predicted octanol–water partition coefficient (Wildman–Crippen LogP) is -1.91. The van der Waals surface area contributed by atoms with Gasteiger partial charge in [-0.2, -0.15) is 0 Å². The summed E-state index contributed by atoms with van der Waals surface area (Å²) in [5, 5.41) is 14.1. The monoisotopic (exact) mass is 343 g/mol. The number of hydrogen-bond acceptors (Lipinski definition) is 6. The summed E-state index contributed by atoms with van der Waals surface area (Å²) in [6.07, 6.45) is 4.62. The highest BCUT2D eigenvalue weighted by atomic mass is 16.4. The summed E-state index contributed by atoms with van der Waals surface area (Å²) < 4.78 is 0. The number of carbonyl (C=O) groups excluding carboxylic acids is 2. The summed E-state index contributed by atoms with van der Waals surface area (Å²) in [5.74, 6) is -2.23. The molecule has 0 bridgehead atoms. The predicted molar refractivity (Wildman–Crippen MR) is 85.7 cm³/mol. The summed E-state index contributed by atoms with van der Waals surface area (Å²) in [4.78, 5) is 41.8. The molecule has 0 aliphatic rings. The molecule has 0 unspecified atom stereocenters. The largest absolute Gasteiger partial charge is 0.480 e. The van der Waals surface area contributed by atoms with E-state index in [0.717, 1.165) is 0 Å². The highest BCUT2D eigenvalue weighted by Gasteiger charge is 2.26. The Labute approximate surface area is 139 Å². The molecule has 0 radical (unpaired) electrons. The van der Waals surface area contributed by atoms with Crippen molar-refractivity contribution in [3.8, 4) is 0 Å². The van der Waals surface area contributed by atoms with Crippen molar-refractivity contribution in [2.75, 3.05) is 13.1 Å². The zero-order chi connectivity index (χ0) is 17.9. The third-order valence-corrected chi connectivity index (χ3v) is 3.38. The lowest BCUT2D eigenvalue weighted by molar-refractivity contribution is -0.142. The number of carboxylic acids is 1. The van der Waals surface area contributed by atoms with Crippen molar-refractivity contribution in [2.45, 2.75) is 37.8 Å². The minimum Gasteiger partial charge on any atom is -0.480 e. The quantitative estimate of drug-likeness (QED) is 0.154. The number of aliphatic carboxylic acids is 1. The number of imidazole rings is 1. The number of nitrogens with one attached hydrogen (secondary N) is 3. The summed E-state index contributed by atoms with van der Waals surface area (Å²) in [5.41, 5.74) is 11.3. The lowest BCUT2D eigenvalue weighted by Crippen LogP contribution is -2.53. The molecule has 1 heterocycles. The first kappa shape index (κ1) is 19.6. The SMILES string of the molecule is NCCCC[C@H](NC(=O)[C@H](Cc1cnc[nH]1)N[13C](=O)[13CH2][15NH2])C(=O)O. The Balaban J connectivity index is 2.73. The minimum absolute atomic E-state index is 0.146. The first-order chi connectivity index (χ1) is 11.5. The van der Waals surface area contributed by atoms with E-state index >= 15 is 0 Å². The number of nitrogens with zero attached hydrogens (tertiary/aromatic N) is 1. The number of amides is 2. The van der Waals surface area contributed by atoms with Gasteiger partial charge < -0.3 is 32.2 Å². The van der Waals surface area contributed by atoms with Crippen molar-refractivity contribution in [3.63, 3.8) is 0 Å². The van der Waals surface area contributed by atoms with Gasteiger partial charge in [0.05, 0.1) is 12.9 Å². The Hall–Kier alpha value is -2.46. The van der Waals surface area contributed by atoms with Crippen molar-refractivity contribution in [1.82, 2.24) is 20.6 Å². The molecule has 8 N–H and O–H groups in total. The summed E-state index contributed by atoms with van der Waals surface area (Å²) in [6, 6.07) is -1.99. The van der Waals surface area contributed by atoms with E-state index in [2.05, 4.69) is 20.6 Å². The summed E-state index contributed by atoms with van der Waals surface area (Å²) >= 11 is 0. The molecule has 1 aromatic heterocycles. The molecular weight excluding hydrogens is 319 g/mol. The number of aromatic amines is 1. The Morgan fingerprint density at radius 3 is 2.50 bits per heavy atom. The van der Waals surface area contributed by atoms with Crippen LogP contribution < -0.4 is 22.1 Å². The lowest BCUT2D eigenvalue weighted by Gasteiger charge is -2.21. The van der Waals surface area contributed by atoms with Gasteiger partial charge in [-0.15, -0.1) is 0 Å². The minimum atomic E-state index is -1.13. The van der Waals surface area contributed by atoms with Crippen LogP contribution in [-0.4, -0.2) is 58.0 Å². The molecule has 0 aliphatic carbocycles. The van der Waals surface area contributed by atoms with E-state index in [0.29, 0.717) is 25.1 Å². The van der Waals surface area contributed by atoms with Crippen molar-refractivity contribution >= 4 is 17.8 Å². The Morgan fingerprint density at radius 2 is 1.96 bits per heavy atom. The fraction of sp³-hybridized carbons (Fsp3) is 0.571. The van der Waals surface area contributed by atoms with Gasteiger partial charge in [-0.25, -0.2) is 9.78 Å². The molecule has 0 saturated heterocycles. The molecule has 0 aromatic carbocycles. The maximum absolute atomic E-state index is 12.4. The average Bonchev–Trinajstić information content (AvgIpc) is 3.06. The van der Waals surface area contributed by atoms with Gasteiger partial charge in [0.2, 0.25) is 11.8 Å². The van der Waals surface area contributed by atoms with E-state index < -0.39 is 29.9 Å². The number of hydrogen-bond donors (Lipinski definition) is 6. The Morgan fingerprint density at radius 1 is 1.21 bits per heavy atom. The van der Waals surface area contributed by atoms with Crippen LogP contribution in [0.5, 0.6) is 0 Å². The van der Waals surface area contributed by atoms with Crippen LogP contribution >= 0.6 is 0 Å². The van der Waals surface area contributed by atoms with Crippen molar-refractivity contribution < 1.29 is 19.5 Å². The van der Waals surface area contributed by atoms with E-state index in [9.17, 15) is 19.5 Å². The fourth-order valence-electron chi connectivity index (χ4n) is 2.10. The first-order valence-electron chi connectivity index (χ1n) is 7.67. The second kappa shape index (κ2) is 10.3. The van der Waals surface area contributed by atoms with E-state index in [-0.39, 0.29) is 19.4 Å². The topological polar surface area (TPSA) is 176 Å². The number of carboxylic acid groups (broad SMARTS) is 1. The van der Waals surface area contributed by atoms with Gasteiger partial charge in [0.1, 0.15) is 12.1 Å².